The highest BCUT2D eigenvalue weighted by Gasteiger charge is 2.16. The van der Waals surface area contributed by atoms with Gasteiger partial charge in [0.25, 0.3) is 0 Å². The zero-order valence-electron chi connectivity index (χ0n) is 21.2. The molecule has 37 heavy (non-hydrogen) atoms. The number of rotatable bonds is 10. The Morgan fingerprint density at radius 2 is 1.84 bits per heavy atom. The molecule has 4 aromatic rings. The van der Waals surface area contributed by atoms with Crippen LogP contribution in [0.2, 0.25) is 0 Å². The maximum absolute atomic E-state index is 6.30. The minimum atomic E-state index is 0.244. The Morgan fingerprint density at radius 3 is 2.59 bits per heavy atom. The SMILES string of the molecule is CCCC1C=CC(c2cnc3c(c2)nc(N)n3Cc2ccc(OCc3ccc(OC)nc3)c(OC)c2)=N1. The van der Waals surface area contributed by atoms with Crippen LogP contribution in [0, 0.1) is 0 Å². The molecule has 9 heteroatoms. The number of aliphatic imine (C=N–C) groups is 1. The second-order valence-electron chi connectivity index (χ2n) is 8.84. The Bertz CT molecular complexity index is 1460. The van der Waals surface area contributed by atoms with Crippen LogP contribution in [-0.2, 0) is 13.2 Å². The van der Waals surface area contributed by atoms with Gasteiger partial charge in [-0.25, -0.2) is 15.0 Å². The van der Waals surface area contributed by atoms with Gasteiger partial charge in [-0.05, 0) is 42.3 Å². The summed E-state index contributed by atoms with van der Waals surface area (Å²) >= 11 is 0. The van der Waals surface area contributed by atoms with E-state index >= 15 is 0 Å². The molecule has 0 bridgehead atoms. The van der Waals surface area contributed by atoms with Crippen LogP contribution in [-0.4, -0.2) is 45.5 Å². The molecule has 0 saturated heterocycles. The molecule has 1 atom stereocenters. The van der Waals surface area contributed by atoms with Gasteiger partial charge in [-0.3, -0.25) is 9.56 Å². The summed E-state index contributed by atoms with van der Waals surface area (Å²) in [4.78, 5) is 18.2. The number of methoxy groups -OCH3 is 2. The number of imidazole rings is 1. The van der Waals surface area contributed by atoms with E-state index < -0.39 is 0 Å². The minimum Gasteiger partial charge on any atom is -0.493 e. The summed E-state index contributed by atoms with van der Waals surface area (Å²) in [6, 6.07) is 11.8. The van der Waals surface area contributed by atoms with Gasteiger partial charge in [0, 0.05) is 29.6 Å². The molecule has 0 spiro atoms. The molecule has 4 heterocycles. The van der Waals surface area contributed by atoms with Crippen LogP contribution in [0.1, 0.15) is 36.5 Å². The second-order valence-corrected chi connectivity index (χ2v) is 8.84. The third kappa shape index (κ3) is 5.25. The average molecular weight is 499 g/mol. The number of nitrogen functional groups attached to an aromatic ring is 1. The highest BCUT2D eigenvalue weighted by molar-refractivity contribution is 6.11. The molecule has 1 aliphatic rings. The fourth-order valence-electron chi connectivity index (χ4n) is 4.31. The summed E-state index contributed by atoms with van der Waals surface area (Å²) in [6.07, 6.45) is 9.91. The summed E-state index contributed by atoms with van der Waals surface area (Å²) in [7, 11) is 3.21. The molecule has 0 saturated carbocycles. The van der Waals surface area contributed by atoms with Crippen molar-refractivity contribution < 1.29 is 14.2 Å². The fraction of sp³-hybridized carbons (Fsp3) is 0.286. The molecule has 9 nitrogen and oxygen atoms in total. The lowest BCUT2D eigenvalue weighted by Gasteiger charge is -2.13. The number of nitrogens with zero attached hydrogens (tertiary/aromatic N) is 5. The van der Waals surface area contributed by atoms with Crippen LogP contribution in [0.15, 0.2) is 65.9 Å². The van der Waals surface area contributed by atoms with Crippen molar-refractivity contribution in [3.63, 3.8) is 0 Å². The van der Waals surface area contributed by atoms with Gasteiger partial charge in [0.1, 0.15) is 12.1 Å². The lowest BCUT2D eigenvalue weighted by molar-refractivity contribution is 0.283. The minimum absolute atomic E-state index is 0.244. The Balaban J connectivity index is 1.33. The molecule has 0 radical (unpaired) electrons. The normalized spacial score (nSPS) is 14.7. The lowest BCUT2D eigenvalue weighted by Crippen LogP contribution is -2.06. The summed E-state index contributed by atoms with van der Waals surface area (Å²) in [5.74, 6) is 2.23. The molecular formula is C28H30N6O3. The highest BCUT2D eigenvalue weighted by Crippen LogP contribution is 2.30. The van der Waals surface area contributed by atoms with E-state index in [0.29, 0.717) is 36.5 Å². The van der Waals surface area contributed by atoms with Crippen molar-refractivity contribution >= 4 is 22.8 Å². The predicted octanol–water partition coefficient (Wildman–Crippen LogP) is 4.58. The van der Waals surface area contributed by atoms with Crippen molar-refractivity contribution in [3.05, 3.63) is 77.6 Å². The molecule has 1 aliphatic heterocycles. The molecule has 3 aromatic heterocycles. The molecule has 0 amide bonds. The van der Waals surface area contributed by atoms with Gasteiger partial charge >= 0.3 is 0 Å². The van der Waals surface area contributed by atoms with Crippen molar-refractivity contribution in [2.24, 2.45) is 4.99 Å². The first-order chi connectivity index (χ1) is 18.1. The maximum atomic E-state index is 6.30. The monoisotopic (exact) mass is 498 g/mol. The summed E-state index contributed by atoms with van der Waals surface area (Å²) < 4.78 is 18.6. The summed E-state index contributed by atoms with van der Waals surface area (Å²) in [5.41, 5.74) is 11.6. The van der Waals surface area contributed by atoms with Crippen LogP contribution < -0.4 is 19.9 Å². The number of hydrogen-bond donors (Lipinski definition) is 1. The highest BCUT2D eigenvalue weighted by atomic mass is 16.5. The second kappa shape index (κ2) is 10.7. The lowest BCUT2D eigenvalue weighted by atomic mass is 10.1. The van der Waals surface area contributed by atoms with Gasteiger partial charge in [0.05, 0.1) is 32.5 Å². The molecule has 1 unspecified atom stereocenters. The number of pyridine rings is 2. The first-order valence-electron chi connectivity index (χ1n) is 12.2. The molecule has 1 aromatic carbocycles. The van der Waals surface area contributed by atoms with E-state index in [0.717, 1.165) is 46.4 Å². The van der Waals surface area contributed by atoms with Crippen LogP contribution in [0.5, 0.6) is 17.4 Å². The van der Waals surface area contributed by atoms with E-state index in [1.54, 1.807) is 26.5 Å². The first-order valence-corrected chi connectivity index (χ1v) is 12.2. The van der Waals surface area contributed by atoms with Crippen LogP contribution in [0.4, 0.5) is 5.95 Å². The number of anilines is 1. The first kappa shape index (κ1) is 24.3. The van der Waals surface area contributed by atoms with Gasteiger partial charge in [-0.2, -0.15) is 0 Å². The zero-order valence-corrected chi connectivity index (χ0v) is 21.2. The number of nitrogens with two attached hydrogens (primary N) is 1. The van der Waals surface area contributed by atoms with Gasteiger partial charge in [-0.15, -0.1) is 0 Å². The van der Waals surface area contributed by atoms with E-state index in [1.807, 2.05) is 41.1 Å². The van der Waals surface area contributed by atoms with Crippen LogP contribution >= 0.6 is 0 Å². The van der Waals surface area contributed by atoms with Crippen molar-refractivity contribution in [2.75, 3.05) is 20.0 Å². The van der Waals surface area contributed by atoms with E-state index in [2.05, 4.69) is 34.0 Å². The van der Waals surface area contributed by atoms with Crippen molar-refractivity contribution in [1.29, 1.82) is 0 Å². The molecule has 0 fully saturated rings. The fourth-order valence-corrected chi connectivity index (χ4v) is 4.31. The van der Waals surface area contributed by atoms with E-state index in [-0.39, 0.29) is 6.04 Å². The molecular weight excluding hydrogens is 468 g/mol. The third-order valence-electron chi connectivity index (χ3n) is 6.25. The number of allylic oxidation sites excluding steroid dienone is 1. The smallest absolute Gasteiger partial charge is 0.212 e. The molecule has 190 valence electrons. The van der Waals surface area contributed by atoms with Crippen LogP contribution in [0.3, 0.4) is 0 Å². The maximum Gasteiger partial charge on any atom is 0.212 e. The number of fused-ring (bicyclic) bond motifs is 1. The van der Waals surface area contributed by atoms with Crippen molar-refractivity contribution in [1.82, 2.24) is 19.5 Å². The molecule has 0 aliphatic carbocycles. The Morgan fingerprint density at radius 1 is 0.973 bits per heavy atom. The topological polar surface area (TPSA) is 110 Å². The van der Waals surface area contributed by atoms with Crippen LogP contribution in [0.25, 0.3) is 11.2 Å². The molecule has 5 rings (SSSR count). The third-order valence-corrected chi connectivity index (χ3v) is 6.25. The Kier molecular flexibility index (Phi) is 7.02. The van der Waals surface area contributed by atoms with Gasteiger partial charge in [-0.1, -0.05) is 25.5 Å². The van der Waals surface area contributed by atoms with E-state index in [4.69, 9.17) is 24.9 Å². The van der Waals surface area contributed by atoms with Gasteiger partial charge in [0.2, 0.25) is 11.8 Å². The molecule has 2 N–H and O–H groups in total. The quantitative estimate of drug-likeness (QED) is 0.341. The average Bonchev–Trinajstić information content (AvgIpc) is 3.52. The van der Waals surface area contributed by atoms with Crippen molar-refractivity contribution in [3.8, 4) is 17.4 Å². The van der Waals surface area contributed by atoms with Crippen molar-refractivity contribution in [2.45, 2.75) is 39.0 Å². The van der Waals surface area contributed by atoms with E-state index in [9.17, 15) is 0 Å². The Labute approximate surface area is 215 Å². The zero-order chi connectivity index (χ0) is 25.8. The largest absolute Gasteiger partial charge is 0.493 e. The number of hydrogen-bond acceptors (Lipinski definition) is 8. The summed E-state index contributed by atoms with van der Waals surface area (Å²) in [5, 5.41) is 0. The summed E-state index contributed by atoms with van der Waals surface area (Å²) in [6.45, 7) is 3.02. The Hall–Kier alpha value is -4.40. The van der Waals surface area contributed by atoms with Gasteiger partial charge in [0.15, 0.2) is 17.1 Å². The number of ether oxygens (including phenoxy) is 3. The predicted molar refractivity (Wildman–Crippen MR) is 144 cm³/mol. The standard InChI is InChI=1S/C28H30N6O3/c1-4-5-21-8-9-22(32-21)20-13-23-27(31-15-20)34(28(29)33-23)16-18-6-10-24(25(12-18)35-2)37-17-19-7-11-26(36-3)30-14-19/h6-15,21H,4-5,16-17H2,1-3H3,(H2,29,33). The number of benzene rings is 1. The number of aromatic nitrogens is 4. The van der Waals surface area contributed by atoms with Gasteiger partial charge < -0.3 is 19.9 Å². The van der Waals surface area contributed by atoms with E-state index in [1.165, 1.54) is 0 Å².